The monoisotopic (exact) mass is 126 g/mol. The molecule has 0 heterocycles. The summed E-state index contributed by atoms with van der Waals surface area (Å²) in [4.78, 5) is 0. The van der Waals surface area contributed by atoms with E-state index in [1.54, 1.807) is 0 Å². The van der Waals surface area contributed by atoms with Crippen molar-refractivity contribution in [2.75, 3.05) is 12.0 Å². The van der Waals surface area contributed by atoms with E-state index in [4.69, 9.17) is 0 Å². The average Bonchev–Trinajstić information content (AvgIpc) is 1.61. The predicted molar refractivity (Wildman–Crippen MR) is 29.0 cm³/mol. The maximum Gasteiger partial charge on any atom is 0.239 e. The normalized spacial score (nSPS) is 10.3. The number of hydrogen-bond acceptors (Lipinski definition) is 1. The van der Waals surface area contributed by atoms with Crippen molar-refractivity contribution in [2.45, 2.75) is 12.8 Å². The molecule has 0 radical (unpaired) electrons. The van der Waals surface area contributed by atoms with E-state index < -0.39 is 6.43 Å². The summed E-state index contributed by atoms with van der Waals surface area (Å²) in [6, 6.07) is 0. The largest absolute Gasteiger partial charge is 0.239 e. The Morgan fingerprint density at radius 3 is 2.29 bits per heavy atom. The minimum atomic E-state index is -2.12. The molecule has 0 amide bonds. The minimum absolute atomic E-state index is 0.0289. The van der Waals surface area contributed by atoms with E-state index in [2.05, 4.69) is 0 Å². The van der Waals surface area contributed by atoms with E-state index >= 15 is 0 Å². The first kappa shape index (κ1) is 7.21. The van der Waals surface area contributed by atoms with Gasteiger partial charge in [0.15, 0.2) is 0 Å². The lowest BCUT2D eigenvalue weighted by atomic mass is 10.5. The fourth-order valence-corrected chi connectivity index (χ4v) is 0.621. The zero-order chi connectivity index (χ0) is 5.70. The van der Waals surface area contributed by atoms with E-state index in [0.29, 0.717) is 5.75 Å². The van der Waals surface area contributed by atoms with E-state index in [0.717, 1.165) is 0 Å². The third kappa shape index (κ3) is 6.21. The van der Waals surface area contributed by atoms with Crippen LogP contribution < -0.4 is 0 Å². The number of alkyl halides is 2. The van der Waals surface area contributed by atoms with E-state index in [1.165, 1.54) is 11.8 Å². The zero-order valence-electron chi connectivity index (χ0n) is 4.16. The summed E-state index contributed by atoms with van der Waals surface area (Å²) in [6.45, 7) is 0. The summed E-state index contributed by atoms with van der Waals surface area (Å²) >= 11 is 1.45. The molecule has 0 aromatic rings. The molecule has 0 saturated heterocycles. The molecule has 0 spiro atoms. The molecule has 0 fully saturated rings. The topological polar surface area (TPSA) is 0 Å². The van der Waals surface area contributed by atoms with E-state index in [9.17, 15) is 8.78 Å². The van der Waals surface area contributed by atoms with Crippen molar-refractivity contribution in [3.63, 3.8) is 0 Å². The van der Waals surface area contributed by atoms with Gasteiger partial charge < -0.3 is 0 Å². The summed E-state index contributed by atoms with van der Waals surface area (Å²) < 4.78 is 22.4. The SMILES string of the molecule is CSCCC(F)F. The van der Waals surface area contributed by atoms with Crippen LogP contribution in [0.1, 0.15) is 6.42 Å². The van der Waals surface area contributed by atoms with Crippen LogP contribution >= 0.6 is 11.8 Å². The highest BCUT2D eigenvalue weighted by atomic mass is 32.2. The van der Waals surface area contributed by atoms with Crippen molar-refractivity contribution in [1.82, 2.24) is 0 Å². The molecule has 7 heavy (non-hydrogen) atoms. The molecule has 0 aliphatic carbocycles. The first-order valence-corrected chi connectivity index (χ1v) is 3.44. The second-order valence-corrected chi connectivity index (χ2v) is 2.16. The van der Waals surface area contributed by atoms with E-state index in [1.807, 2.05) is 6.26 Å². The van der Waals surface area contributed by atoms with Crippen LogP contribution in [-0.4, -0.2) is 18.4 Å². The second kappa shape index (κ2) is 4.37. The van der Waals surface area contributed by atoms with Crippen molar-refractivity contribution in [3.05, 3.63) is 0 Å². The molecule has 0 atom stereocenters. The van der Waals surface area contributed by atoms with Crippen LogP contribution in [0.25, 0.3) is 0 Å². The molecule has 0 bridgehead atoms. The maximum atomic E-state index is 11.2. The standard InChI is InChI=1S/C4H8F2S/c1-7-3-2-4(5)6/h4H,2-3H2,1H3. The molecule has 0 N–H and O–H groups in total. The molecule has 3 heteroatoms. The molecule has 0 aromatic heterocycles. The van der Waals surface area contributed by atoms with Gasteiger partial charge in [0.25, 0.3) is 0 Å². The van der Waals surface area contributed by atoms with Gasteiger partial charge in [-0.1, -0.05) is 0 Å². The Hall–Kier alpha value is 0.210. The Balaban J connectivity index is 2.68. The number of rotatable bonds is 3. The summed E-state index contributed by atoms with van der Waals surface area (Å²) in [7, 11) is 0. The highest BCUT2D eigenvalue weighted by Gasteiger charge is 1.98. The van der Waals surface area contributed by atoms with Gasteiger partial charge in [0.1, 0.15) is 0 Å². The molecule has 0 aromatic carbocycles. The quantitative estimate of drug-likeness (QED) is 0.557. The summed E-state index contributed by atoms with van der Waals surface area (Å²) in [5.74, 6) is 0.567. The van der Waals surface area contributed by atoms with Crippen molar-refractivity contribution in [1.29, 1.82) is 0 Å². The summed E-state index contributed by atoms with van der Waals surface area (Å²) in [6.07, 6.45) is -0.267. The fraction of sp³-hybridized carbons (Fsp3) is 1.00. The molecule has 0 saturated carbocycles. The van der Waals surface area contributed by atoms with Crippen molar-refractivity contribution in [3.8, 4) is 0 Å². The van der Waals surface area contributed by atoms with Crippen molar-refractivity contribution < 1.29 is 8.78 Å². The minimum Gasteiger partial charge on any atom is -0.211 e. The predicted octanol–water partition coefficient (Wildman–Crippen LogP) is 2.00. The fourth-order valence-electron chi connectivity index (χ4n) is 0.207. The number of hydrogen-bond donors (Lipinski definition) is 0. The van der Waals surface area contributed by atoms with Gasteiger partial charge in [-0.15, -0.1) is 0 Å². The van der Waals surface area contributed by atoms with Crippen LogP contribution in [0.2, 0.25) is 0 Å². The van der Waals surface area contributed by atoms with Gasteiger partial charge >= 0.3 is 0 Å². The highest BCUT2D eigenvalue weighted by Crippen LogP contribution is 2.03. The van der Waals surface area contributed by atoms with E-state index in [-0.39, 0.29) is 6.42 Å². The molecule has 0 aliphatic heterocycles. The Morgan fingerprint density at radius 2 is 2.14 bits per heavy atom. The zero-order valence-corrected chi connectivity index (χ0v) is 4.97. The van der Waals surface area contributed by atoms with Crippen LogP contribution in [0.5, 0.6) is 0 Å². The van der Waals surface area contributed by atoms with Crippen LogP contribution in [0.15, 0.2) is 0 Å². The molecular formula is C4H8F2S. The average molecular weight is 126 g/mol. The molecule has 0 unspecified atom stereocenters. The van der Waals surface area contributed by atoms with Gasteiger partial charge in [-0.2, -0.15) is 11.8 Å². The van der Waals surface area contributed by atoms with Crippen LogP contribution in [0.4, 0.5) is 8.78 Å². The van der Waals surface area contributed by atoms with Gasteiger partial charge in [0.05, 0.1) is 0 Å². The molecule has 0 aliphatic rings. The van der Waals surface area contributed by atoms with Crippen LogP contribution in [0.3, 0.4) is 0 Å². The second-order valence-electron chi connectivity index (χ2n) is 1.17. The lowest BCUT2D eigenvalue weighted by Gasteiger charge is -1.91. The molecule has 44 valence electrons. The lowest BCUT2D eigenvalue weighted by Crippen LogP contribution is -1.90. The van der Waals surface area contributed by atoms with Gasteiger partial charge in [0.2, 0.25) is 6.43 Å². The van der Waals surface area contributed by atoms with Gasteiger partial charge in [-0.3, -0.25) is 0 Å². The van der Waals surface area contributed by atoms with Crippen molar-refractivity contribution in [2.24, 2.45) is 0 Å². The Kier molecular flexibility index (Phi) is 4.50. The Labute approximate surface area is 46.3 Å². The van der Waals surface area contributed by atoms with Crippen molar-refractivity contribution >= 4 is 11.8 Å². The van der Waals surface area contributed by atoms with Gasteiger partial charge in [-0.05, 0) is 12.0 Å². The van der Waals surface area contributed by atoms with Crippen LogP contribution in [-0.2, 0) is 0 Å². The number of halogens is 2. The summed E-state index contributed by atoms with van der Waals surface area (Å²) in [5.41, 5.74) is 0. The van der Waals surface area contributed by atoms with Gasteiger partial charge in [0, 0.05) is 6.42 Å². The third-order valence-corrected chi connectivity index (χ3v) is 1.18. The third-order valence-electron chi connectivity index (χ3n) is 0.540. The first-order chi connectivity index (χ1) is 3.27. The lowest BCUT2D eigenvalue weighted by molar-refractivity contribution is 0.145. The Morgan fingerprint density at radius 1 is 1.57 bits per heavy atom. The maximum absolute atomic E-state index is 11.2. The van der Waals surface area contributed by atoms with Gasteiger partial charge in [-0.25, -0.2) is 8.78 Å². The first-order valence-electron chi connectivity index (χ1n) is 2.04. The molecule has 0 rings (SSSR count). The Bertz CT molecular complexity index is 38.7. The smallest absolute Gasteiger partial charge is 0.211 e. The van der Waals surface area contributed by atoms with Crippen LogP contribution in [0, 0.1) is 0 Å². The number of thioether (sulfide) groups is 1. The molecular weight excluding hydrogens is 118 g/mol. The summed E-state index contributed by atoms with van der Waals surface area (Å²) in [5, 5.41) is 0. The highest BCUT2D eigenvalue weighted by molar-refractivity contribution is 7.98. The molecule has 0 nitrogen and oxygen atoms in total.